The van der Waals surface area contributed by atoms with E-state index in [1.807, 2.05) is 25.1 Å². The van der Waals surface area contributed by atoms with Crippen LogP contribution in [0.2, 0.25) is 10.0 Å². The summed E-state index contributed by atoms with van der Waals surface area (Å²) < 4.78 is 25.9. The highest BCUT2D eigenvalue weighted by atomic mass is 35.5. The topological polar surface area (TPSA) is 57.7 Å². The summed E-state index contributed by atoms with van der Waals surface area (Å²) in [5, 5.41) is 0.648. The van der Waals surface area contributed by atoms with Crippen LogP contribution < -0.4 is 0 Å². The van der Waals surface area contributed by atoms with Gasteiger partial charge in [-0.1, -0.05) is 41.4 Å². The number of carbonyl (C=O) groups is 1. The molecule has 2 aromatic carbocycles. The van der Waals surface area contributed by atoms with Crippen molar-refractivity contribution >= 4 is 39.1 Å². The molecule has 0 bridgehead atoms. The van der Waals surface area contributed by atoms with Crippen molar-refractivity contribution in [1.29, 1.82) is 0 Å². The molecule has 0 atom stereocenters. The molecule has 0 fully saturated rings. The molecule has 5 nitrogen and oxygen atoms in total. The van der Waals surface area contributed by atoms with Gasteiger partial charge in [0.2, 0.25) is 10.0 Å². The quantitative estimate of drug-likeness (QED) is 0.719. The predicted molar refractivity (Wildman–Crippen MR) is 104 cm³/mol. The fraction of sp³-hybridized carbons (Fsp3) is 0.278. The van der Waals surface area contributed by atoms with E-state index in [-0.39, 0.29) is 21.4 Å². The Morgan fingerprint density at radius 1 is 1.04 bits per heavy atom. The number of rotatable bonds is 6. The predicted octanol–water partition coefficient (Wildman–Crippen LogP) is 3.91. The van der Waals surface area contributed by atoms with Gasteiger partial charge < -0.3 is 4.90 Å². The Bertz CT molecular complexity index is 914. The average Bonchev–Trinajstić information content (AvgIpc) is 2.60. The van der Waals surface area contributed by atoms with Gasteiger partial charge in [-0.3, -0.25) is 4.79 Å². The Morgan fingerprint density at radius 2 is 1.69 bits per heavy atom. The van der Waals surface area contributed by atoms with Gasteiger partial charge in [-0.15, -0.1) is 0 Å². The number of hydrogen-bond donors (Lipinski definition) is 0. The van der Waals surface area contributed by atoms with Gasteiger partial charge in [0.25, 0.3) is 5.91 Å². The highest BCUT2D eigenvalue weighted by Crippen LogP contribution is 2.26. The number of amides is 1. The highest BCUT2D eigenvalue weighted by molar-refractivity contribution is 7.89. The third-order valence-electron chi connectivity index (χ3n) is 3.92. The third kappa shape index (κ3) is 4.38. The van der Waals surface area contributed by atoms with Gasteiger partial charge in [-0.2, -0.15) is 0 Å². The summed E-state index contributed by atoms with van der Waals surface area (Å²) in [4.78, 5) is 14.4. The smallest absolute Gasteiger partial charge is 0.254 e. The lowest BCUT2D eigenvalue weighted by molar-refractivity contribution is 0.0752. The average molecular weight is 415 g/mol. The second kappa shape index (κ2) is 8.39. The van der Waals surface area contributed by atoms with E-state index in [0.717, 1.165) is 9.87 Å². The number of benzene rings is 2. The van der Waals surface area contributed by atoms with Gasteiger partial charge in [-0.05, 0) is 36.8 Å². The summed E-state index contributed by atoms with van der Waals surface area (Å²) in [6.07, 6.45) is 0. The zero-order valence-electron chi connectivity index (χ0n) is 14.7. The monoisotopic (exact) mass is 414 g/mol. The molecule has 0 aliphatic heterocycles. The van der Waals surface area contributed by atoms with Crippen molar-refractivity contribution in [3.8, 4) is 0 Å². The second-order valence-corrected chi connectivity index (χ2v) is 8.78. The molecular weight excluding hydrogens is 395 g/mol. The van der Waals surface area contributed by atoms with E-state index in [1.54, 1.807) is 11.0 Å². The first kappa shape index (κ1) is 20.7. The molecule has 0 heterocycles. The van der Waals surface area contributed by atoms with Crippen molar-refractivity contribution in [1.82, 2.24) is 9.21 Å². The van der Waals surface area contributed by atoms with Crippen LogP contribution in [0, 0.1) is 0 Å². The molecule has 0 saturated carbocycles. The van der Waals surface area contributed by atoms with Crippen molar-refractivity contribution < 1.29 is 13.2 Å². The van der Waals surface area contributed by atoms with Crippen molar-refractivity contribution in [2.24, 2.45) is 0 Å². The number of sulfonamides is 1. The molecule has 0 saturated heterocycles. The zero-order valence-corrected chi connectivity index (χ0v) is 17.1. The summed E-state index contributed by atoms with van der Waals surface area (Å²) in [6, 6.07) is 11.5. The molecule has 0 aliphatic carbocycles. The highest BCUT2D eigenvalue weighted by Gasteiger charge is 2.24. The first-order valence-corrected chi connectivity index (χ1v) is 10.1. The molecule has 0 aliphatic rings. The van der Waals surface area contributed by atoms with Crippen LogP contribution in [0.15, 0.2) is 47.4 Å². The summed E-state index contributed by atoms with van der Waals surface area (Å²) in [5.74, 6) is -0.292. The van der Waals surface area contributed by atoms with Crippen molar-refractivity contribution in [2.75, 3.05) is 20.6 Å². The maximum atomic E-state index is 12.9. The number of nitrogens with zero attached hydrogens (tertiary/aromatic N) is 2. The number of halogens is 2. The molecule has 0 spiro atoms. The van der Waals surface area contributed by atoms with E-state index in [4.69, 9.17) is 23.2 Å². The summed E-state index contributed by atoms with van der Waals surface area (Å²) >= 11 is 12.2. The molecule has 0 unspecified atom stereocenters. The Morgan fingerprint density at radius 3 is 2.27 bits per heavy atom. The molecule has 1 amide bonds. The summed E-state index contributed by atoms with van der Waals surface area (Å²) in [7, 11) is -0.927. The van der Waals surface area contributed by atoms with Gasteiger partial charge >= 0.3 is 0 Å². The van der Waals surface area contributed by atoms with Crippen LogP contribution in [0.25, 0.3) is 0 Å². The molecule has 0 aromatic heterocycles. The van der Waals surface area contributed by atoms with Crippen molar-refractivity contribution in [3.63, 3.8) is 0 Å². The molecule has 2 rings (SSSR count). The minimum absolute atomic E-state index is 0.0735. The van der Waals surface area contributed by atoms with Gasteiger partial charge in [0.15, 0.2) is 0 Å². The van der Waals surface area contributed by atoms with Crippen LogP contribution in [0.4, 0.5) is 0 Å². The number of carbonyl (C=O) groups excluding carboxylic acids is 1. The summed E-state index contributed by atoms with van der Waals surface area (Å²) in [6.45, 7) is 2.62. The van der Waals surface area contributed by atoms with Crippen LogP contribution in [-0.2, 0) is 16.6 Å². The minimum atomic E-state index is -3.75. The van der Waals surface area contributed by atoms with E-state index in [9.17, 15) is 13.2 Å². The Kier molecular flexibility index (Phi) is 6.69. The minimum Gasteiger partial charge on any atom is -0.335 e. The van der Waals surface area contributed by atoms with Crippen molar-refractivity contribution in [2.45, 2.75) is 18.4 Å². The van der Waals surface area contributed by atoms with E-state index in [0.29, 0.717) is 18.1 Å². The molecule has 0 radical (unpaired) electrons. The van der Waals surface area contributed by atoms with Crippen LogP contribution in [0.5, 0.6) is 0 Å². The Labute approximate surface area is 164 Å². The number of hydrogen-bond acceptors (Lipinski definition) is 3. The van der Waals surface area contributed by atoms with Crippen LogP contribution in [0.3, 0.4) is 0 Å². The van der Waals surface area contributed by atoms with Gasteiger partial charge in [0.05, 0.1) is 5.02 Å². The lowest BCUT2D eigenvalue weighted by Crippen LogP contribution is -2.31. The second-order valence-electron chi connectivity index (χ2n) is 5.84. The Balaban J connectivity index is 2.38. The van der Waals surface area contributed by atoms with Crippen LogP contribution in [0.1, 0.15) is 22.8 Å². The maximum Gasteiger partial charge on any atom is 0.254 e. The fourth-order valence-corrected chi connectivity index (χ4v) is 3.96. The molecule has 2 aromatic rings. The lowest BCUT2D eigenvalue weighted by Gasteiger charge is -2.22. The normalized spacial score (nSPS) is 11.6. The largest absolute Gasteiger partial charge is 0.335 e. The van der Waals surface area contributed by atoms with Gasteiger partial charge in [0.1, 0.15) is 4.90 Å². The third-order valence-corrected chi connectivity index (χ3v) is 6.59. The lowest BCUT2D eigenvalue weighted by atomic mass is 10.1. The molecule has 26 heavy (non-hydrogen) atoms. The Hall–Kier alpha value is -1.60. The van der Waals surface area contributed by atoms with Crippen molar-refractivity contribution in [3.05, 3.63) is 63.6 Å². The molecule has 0 N–H and O–H groups in total. The molecule has 140 valence electrons. The van der Waals surface area contributed by atoms with E-state index in [2.05, 4.69) is 0 Å². The zero-order chi connectivity index (χ0) is 19.5. The van der Waals surface area contributed by atoms with Gasteiger partial charge in [-0.25, -0.2) is 12.7 Å². The SMILES string of the molecule is CCN(Cc1ccccc1Cl)C(=O)c1ccc(Cl)c(S(=O)(=O)N(C)C)c1. The van der Waals surface area contributed by atoms with E-state index >= 15 is 0 Å². The molecular formula is C18H20Cl2N2O3S. The molecule has 8 heteroatoms. The van der Waals surface area contributed by atoms with Crippen LogP contribution >= 0.6 is 23.2 Å². The van der Waals surface area contributed by atoms with E-state index in [1.165, 1.54) is 32.3 Å². The van der Waals surface area contributed by atoms with Crippen LogP contribution in [-0.4, -0.2) is 44.2 Å². The first-order valence-electron chi connectivity index (χ1n) is 7.93. The fourth-order valence-electron chi connectivity index (χ4n) is 2.37. The van der Waals surface area contributed by atoms with E-state index < -0.39 is 10.0 Å². The first-order chi connectivity index (χ1) is 12.2. The maximum absolute atomic E-state index is 12.9. The van der Waals surface area contributed by atoms with Gasteiger partial charge in [0, 0.05) is 37.8 Å². The summed E-state index contributed by atoms with van der Waals surface area (Å²) in [5.41, 5.74) is 1.07. The standard InChI is InChI=1S/C18H20Cl2N2O3S/c1-4-22(12-14-7-5-6-8-15(14)19)18(23)13-9-10-16(20)17(11-13)26(24,25)21(2)3/h5-11H,4,12H2,1-3H3.